The molecule has 0 heteroatoms. The van der Waals surface area contributed by atoms with Crippen molar-refractivity contribution in [1.29, 1.82) is 0 Å². The molecule has 0 spiro atoms. The molecule has 0 unspecified atom stereocenters. The minimum absolute atomic E-state index is 0.366. The van der Waals surface area contributed by atoms with E-state index in [0.29, 0.717) is 5.41 Å². The lowest BCUT2D eigenvalue weighted by Crippen LogP contribution is -2.08. The second kappa shape index (κ2) is 7.27. The Bertz CT molecular complexity index is 370. The number of benzene rings is 1. The summed E-state index contributed by atoms with van der Waals surface area (Å²) in [5.74, 6) is 2.45. The van der Waals surface area contributed by atoms with Crippen LogP contribution in [0.5, 0.6) is 0 Å². The predicted molar refractivity (Wildman–Crippen MR) is 78.9 cm³/mol. The maximum atomic E-state index is 6.85. The van der Waals surface area contributed by atoms with Crippen molar-refractivity contribution in [1.82, 2.24) is 0 Å². The second-order valence-electron chi connectivity index (χ2n) is 6.29. The molecule has 0 heterocycles. The summed E-state index contributed by atoms with van der Waals surface area (Å²) in [6.07, 6.45) is 13.5. The van der Waals surface area contributed by atoms with Crippen molar-refractivity contribution in [3.63, 3.8) is 0 Å². The van der Waals surface area contributed by atoms with Gasteiger partial charge in [-0.1, -0.05) is 57.4 Å². The van der Waals surface area contributed by atoms with E-state index in [1.165, 1.54) is 24.0 Å². The lowest BCUT2D eigenvalue weighted by atomic mass is 9.88. The highest BCUT2D eigenvalue weighted by molar-refractivity contribution is 5.23. The Balaban J connectivity index is 2.34. The minimum atomic E-state index is 0.366. The zero-order chi connectivity index (χ0) is 13.4. The first-order valence-corrected chi connectivity index (χ1v) is 6.99. The van der Waals surface area contributed by atoms with E-state index >= 15 is 0 Å². The fourth-order valence-electron chi connectivity index (χ4n) is 2.16. The van der Waals surface area contributed by atoms with Gasteiger partial charge in [-0.15, -0.1) is 0 Å². The molecule has 0 bridgehead atoms. The van der Waals surface area contributed by atoms with Crippen molar-refractivity contribution < 1.29 is 0 Å². The molecular formula is C18H25. The van der Waals surface area contributed by atoms with Gasteiger partial charge in [0, 0.05) is 6.42 Å². The molecule has 0 aliphatic heterocycles. The number of unbranched alkanes of at least 4 members (excludes halogenated alkanes) is 3. The van der Waals surface area contributed by atoms with Gasteiger partial charge < -0.3 is 0 Å². The summed E-state index contributed by atoms with van der Waals surface area (Å²) < 4.78 is 0. The van der Waals surface area contributed by atoms with Gasteiger partial charge in [0.2, 0.25) is 0 Å². The highest BCUT2D eigenvalue weighted by Crippen LogP contribution is 2.21. The third-order valence-electron chi connectivity index (χ3n) is 3.02. The van der Waals surface area contributed by atoms with E-state index in [1.807, 2.05) is 0 Å². The van der Waals surface area contributed by atoms with E-state index in [-0.39, 0.29) is 0 Å². The van der Waals surface area contributed by atoms with Crippen LogP contribution in [0.15, 0.2) is 24.3 Å². The summed E-state index contributed by atoms with van der Waals surface area (Å²) in [6, 6.07) is 9.07. The zero-order valence-electron chi connectivity index (χ0n) is 12.1. The number of hydrogen-bond donors (Lipinski definition) is 0. The van der Waals surface area contributed by atoms with Crippen LogP contribution in [-0.4, -0.2) is 0 Å². The van der Waals surface area contributed by atoms with Crippen LogP contribution in [0.2, 0.25) is 0 Å². The Labute approximate surface area is 113 Å². The Kier molecular flexibility index (Phi) is 5.99. The zero-order valence-corrected chi connectivity index (χ0v) is 12.1. The van der Waals surface area contributed by atoms with Gasteiger partial charge >= 0.3 is 0 Å². The molecule has 0 N–H and O–H groups in total. The molecule has 1 radical (unpaired) electrons. The van der Waals surface area contributed by atoms with Crippen molar-refractivity contribution in [2.45, 2.75) is 59.3 Å². The van der Waals surface area contributed by atoms with Crippen LogP contribution >= 0.6 is 0 Å². The van der Waals surface area contributed by atoms with E-state index in [2.05, 4.69) is 51.0 Å². The maximum Gasteiger partial charge on any atom is 0.00989 e. The Hall–Kier alpha value is -1.22. The molecule has 0 aromatic heterocycles. The van der Waals surface area contributed by atoms with Crippen molar-refractivity contribution >= 4 is 0 Å². The summed E-state index contributed by atoms with van der Waals surface area (Å²) in [4.78, 5) is 0. The van der Waals surface area contributed by atoms with Crippen molar-refractivity contribution in [2.75, 3.05) is 0 Å². The van der Waals surface area contributed by atoms with Crippen molar-refractivity contribution in [3.05, 3.63) is 41.8 Å². The lowest BCUT2D eigenvalue weighted by molar-refractivity contribution is 0.411. The van der Waals surface area contributed by atoms with Gasteiger partial charge in [0.15, 0.2) is 0 Å². The topological polar surface area (TPSA) is 0 Å². The summed E-state index contributed by atoms with van der Waals surface area (Å²) in [6.45, 7) is 6.84. The quantitative estimate of drug-likeness (QED) is 0.487. The molecule has 1 aromatic carbocycles. The van der Waals surface area contributed by atoms with Crippen LogP contribution in [0.1, 0.15) is 57.6 Å². The summed E-state index contributed by atoms with van der Waals surface area (Å²) >= 11 is 0. The Morgan fingerprint density at radius 1 is 0.944 bits per heavy atom. The smallest absolute Gasteiger partial charge is 0.00989 e. The maximum absolute atomic E-state index is 6.85. The Morgan fingerprint density at radius 3 is 2.11 bits per heavy atom. The summed E-state index contributed by atoms with van der Waals surface area (Å²) in [7, 11) is 0. The molecule has 0 saturated carbocycles. The summed E-state index contributed by atoms with van der Waals surface area (Å²) in [5, 5.41) is 0. The molecule has 0 aliphatic rings. The average molecular weight is 241 g/mol. The van der Waals surface area contributed by atoms with Gasteiger partial charge in [-0.3, -0.25) is 0 Å². The van der Waals surface area contributed by atoms with Gasteiger partial charge in [-0.25, -0.2) is 0 Å². The average Bonchev–Trinajstić information content (AvgIpc) is 2.29. The third-order valence-corrected chi connectivity index (χ3v) is 3.02. The van der Waals surface area contributed by atoms with E-state index in [0.717, 1.165) is 25.7 Å². The minimum Gasteiger partial charge on any atom is -0.0891 e. The molecule has 1 aromatic rings. The molecule has 0 amide bonds. The molecule has 0 fully saturated rings. The van der Waals surface area contributed by atoms with Crippen LogP contribution < -0.4 is 0 Å². The highest BCUT2D eigenvalue weighted by Gasteiger charge is 2.10. The van der Waals surface area contributed by atoms with E-state index in [9.17, 15) is 0 Å². The first kappa shape index (κ1) is 14.8. The number of aryl methyl sites for hydroxylation is 1. The van der Waals surface area contributed by atoms with Gasteiger partial charge in [-0.2, -0.15) is 0 Å². The van der Waals surface area contributed by atoms with Crippen molar-refractivity contribution in [2.24, 2.45) is 5.41 Å². The first-order valence-electron chi connectivity index (χ1n) is 6.99. The van der Waals surface area contributed by atoms with Crippen LogP contribution in [0.4, 0.5) is 0 Å². The molecule has 1 rings (SSSR count). The molecule has 0 aliphatic carbocycles. The largest absolute Gasteiger partial charge is 0.0891 e. The normalized spacial score (nSPS) is 11.2. The Morgan fingerprint density at radius 2 is 1.56 bits per heavy atom. The fourth-order valence-corrected chi connectivity index (χ4v) is 2.16. The number of hydrogen-bond acceptors (Lipinski definition) is 0. The van der Waals surface area contributed by atoms with Gasteiger partial charge in [0.05, 0.1) is 0 Å². The molecule has 18 heavy (non-hydrogen) atoms. The second-order valence-corrected chi connectivity index (χ2v) is 6.29. The molecule has 97 valence electrons. The molecule has 0 saturated heterocycles. The molecule has 0 nitrogen and oxygen atoms in total. The SMILES string of the molecule is [C]#CCCCCCc1ccc(CC(C)(C)C)cc1. The highest BCUT2D eigenvalue weighted by atomic mass is 14.2. The van der Waals surface area contributed by atoms with E-state index in [4.69, 9.17) is 6.42 Å². The van der Waals surface area contributed by atoms with E-state index in [1.54, 1.807) is 0 Å². The van der Waals surface area contributed by atoms with E-state index < -0.39 is 0 Å². The van der Waals surface area contributed by atoms with Gasteiger partial charge in [0.25, 0.3) is 0 Å². The molecular weight excluding hydrogens is 216 g/mol. The monoisotopic (exact) mass is 241 g/mol. The van der Waals surface area contributed by atoms with Crippen LogP contribution in [-0.2, 0) is 12.8 Å². The molecule has 0 atom stereocenters. The number of rotatable bonds is 6. The first-order chi connectivity index (χ1) is 8.51. The lowest BCUT2D eigenvalue weighted by Gasteiger charge is -2.18. The third kappa shape index (κ3) is 6.50. The standard InChI is InChI=1S/C18H25/c1-5-6-7-8-9-10-16-11-13-17(14-12-16)15-18(2,3)4/h11-14H,6-10,15H2,2-4H3. The van der Waals surface area contributed by atoms with Crippen molar-refractivity contribution in [3.8, 4) is 5.92 Å². The predicted octanol–water partition coefficient (Wildman–Crippen LogP) is 4.97. The van der Waals surface area contributed by atoms with Crippen LogP contribution in [0.3, 0.4) is 0 Å². The fraction of sp³-hybridized carbons (Fsp3) is 0.556. The van der Waals surface area contributed by atoms with Crippen LogP contribution in [0, 0.1) is 17.8 Å². The summed E-state index contributed by atoms with van der Waals surface area (Å²) in [5.41, 5.74) is 3.24. The van der Waals surface area contributed by atoms with Gasteiger partial charge in [0.1, 0.15) is 0 Å². The van der Waals surface area contributed by atoms with Gasteiger partial charge in [-0.05, 0) is 48.6 Å². The van der Waals surface area contributed by atoms with Crippen LogP contribution in [0.25, 0.3) is 0 Å².